The highest BCUT2D eigenvalue weighted by atomic mass is 15.5. The zero-order valence-electron chi connectivity index (χ0n) is 86.5. The third-order valence-electron chi connectivity index (χ3n) is 32.3. The van der Waals surface area contributed by atoms with Gasteiger partial charge in [-0.15, -0.1) is 35.7 Å². The van der Waals surface area contributed by atoms with E-state index in [1.54, 1.807) is 0 Å². The Labute approximate surface area is 868 Å². The van der Waals surface area contributed by atoms with Crippen molar-refractivity contribution >= 4 is 5.69 Å². The molecule has 736 valence electrons. The molecule has 0 N–H and O–H groups in total. The quantitative estimate of drug-likeness (QED) is 0.138. The highest BCUT2D eigenvalue weighted by molar-refractivity contribution is 5.92. The second-order valence-corrected chi connectivity index (χ2v) is 41.5. The summed E-state index contributed by atoms with van der Waals surface area (Å²) in [6.45, 7) is 14.8. The molecule has 0 spiro atoms. The first-order chi connectivity index (χ1) is 72.8. The molecule has 149 heavy (non-hydrogen) atoms. The Morgan fingerprint density at radius 3 is 0.644 bits per heavy atom. The Hall–Kier alpha value is -17.1. The van der Waals surface area contributed by atoms with Gasteiger partial charge in [0.05, 0.1) is 39.9 Å². The average molecular weight is 1950 g/mol. The number of para-hydroxylation sites is 1. The predicted octanol–water partition coefficient (Wildman–Crippen LogP) is 26.3. The molecular formula is C127H118N22. The Kier molecular flexibility index (Phi) is 24.6. The Morgan fingerprint density at radius 1 is 0.174 bits per heavy atom. The molecule has 10 atom stereocenters. The molecule has 8 aliphatic carbocycles. The Bertz CT molecular complexity index is 8050. The maximum Gasteiger partial charge on any atom is 0.121 e. The molecule has 8 heterocycles. The van der Waals surface area contributed by atoms with Crippen LogP contribution in [0, 0.1) is 11.8 Å². The normalized spacial score (nSPS) is 18.3. The summed E-state index contributed by atoms with van der Waals surface area (Å²) < 4.78 is 13.3. The van der Waals surface area contributed by atoms with Gasteiger partial charge in [0.2, 0.25) is 0 Å². The molecule has 30 rings (SSSR count). The Morgan fingerprint density at radius 2 is 0.349 bits per heavy atom. The van der Waals surface area contributed by atoms with Crippen LogP contribution in [0.25, 0.3) is 158 Å². The number of fused-ring (bicyclic) bond motifs is 41. The van der Waals surface area contributed by atoms with Crippen LogP contribution in [0.2, 0.25) is 0 Å². The van der Waals surface area contributed by atoms with E-state index in [9.17, 15) is 0 Å². The van der Waals surface area contributed by atoms with Crippen molar-refractivity contribution in [3.8, 4) is 158 Å². The second kappa shape index (κ2) is 39.0. The second-order valence-electron chi connectivity index (χ2n) is 41.5. The molecule has 22 heteroatoms. The largest absolute Gasteiger partial charge is 0.370 e. The minimum atomic E-state index is 0.470. The summed E-state index contributed by atoms with van der Waals surface area (Å²) >= 11 is 0. The van der Waals surface area contributed by atoms with Gasteiger partial charge in [0.1, 0.15) is 39.9 Å². The minimum absolute atomic E-state index is 0.470. The van der Waals surface area contributed by atoms with Crippen LogP contribution < -0.4 is 4.90 Å². The lowest BCUT2D eigenvalue weighted by Crippen LogP contribution is -2.19. The van der Waals surface area contributed by atoms with E-state index in [1.807, 2.05) is 82.1 Å². The fourth-order valence-electron chi connectivity index (χ4n) is 25.0. The topological polar surface area (TPSA) is 218 Å². The standard InChI is InChI=1S/2C19H17N3.4C18H17N3.C17H16N4/c2*1-11-16-12-7-3-5-9-14(12)18-19(22(2)21-20-18)15-10-6-4-8-13(15)17(11)16;2*1-12-11-13-7-3-4-9-15(13)18-17(19-20-21(18)2)16-10-6-5-8-14(12)16;2*1-12-11-13-7-3-4-9-15(13)17-18(21(2)20-19-17)16-10-6-5-8-14(12)16;1-20-11-12-7-3-4-8-13(12)16-17(21(2)19-18-16)14-9-5-6-10-15(14)20/h2*3-11,16-17H,1-2H3;4*3-10,12H,11H2,1-2H3;3-10H,11H2,1-2H3. The van der Waals surface area contributed by atoms with Crippen LogP contribution in [0.1, 0.15) is 161 Å². The molecule has 0 radical (unpaired) electrons. The SMILES string of the molecule is CC1C2c3ccccc3-c3nnn(C)c3-c3ccccc3C12.CC1C2c3ccccc3-c3nnn(C)c3-c3ccccc3C12.CC1Cc2ccccc2-c2c(nnn2C)-c2ccccc21.CC1Cc2ccccc2-c2c(nnn2C)-c2ccccc21.CC1Cc2ccccc2-c2nnn(C)c2-c2ccccc21.CC1Cc2ccccc2-c2nnn(C)c2-c2ccccc21.CN1Cc2ccccc2-c2nnn(C)c2-c2ccccc21. The molecule has 2 fully saturated rings. The first-order valence-electron chi connectivity index (χ1n) is 52.1. The molecule has 10 unspecified atom stereocenters. The number of nitrogens with zero attached hydrogens (tertiary/aromatic N) is 22. The van der Waals surface area contributed by atoms with Crippen molar-refractivity contribution in [1.82, 2.24) is 105 Å². The molecule has 0 bridgehead atoms. The van der Waals surface area contributed by atoms with Crippen LogP contribution in [-0.2, 0) is 81.6 Å². The fraction of sp³-hybridized carbons (Fsp3) is 0.228. The zero-order chi connectivity index (χ0) is 102. The van der Waals surface area contributed by atoms with Crippen LogP contribution in [-0.4, -0.2) is 112 Å². The van der Waals surface area contributed by atoms with E-state index in [0.29, 0.717) is 59.2 Å². The molecular weight excluding hydrogens is 1830 g/mol. The maximum atomic E-state index is 4.49. The number of anilines is 1. The van der Waals surface area contributed by atoms with Crippen LogP contribution in [0.5, 0.6) is 0 Å². The van der Waals surface area contributed by atoms with Gasteiger partial charge in [-0.25, -0.2) is 32.8 Å². The van der Waals surface area contributed by atoms with Gasteiger partial charge in [0.25, 0.3) is 0 Å². The van der Waals surface area contributed by atoms with E-state index in [-0.39, 0.29) is 0 Å². The van der Waals surface area contributed by atoms with Gasteiger partial charge in [-0.3, -0.25) is 0 Å². The number of hydrogen-bond donors (Lipinski definition) is 0. The van der Waals surface area contributed by atoms with Crippen LogP contribution >= 0.6 is 0 Å². The Balaban J connectivity index is 0.0000000927. The van der Waals surface area contributed by atoms with Gasteiger partial charge < -0.3 is 4.90 Å². The number of aromatic nitrogens is 21. The molecule has 14 aromatic carbocycles. The summed E-state index contributed by atoms with van der Waals surface area (Å²) in [6, 6.07) is 120. The summed E-state index contributed by atoms with van der Waals surface area (Å²) in [5.74, 6) is 5.70. The van der Waals surface area contributed by atoms with E-state index < -0.39 is 0 Å². The molecule has 21 aromatic rings. The number of rotatable bonds is 0. The van der Waals surface area contributed by atoms with E-state index >= 15 is 0 Å². The lowest BCUT2D eigenvalue weighted by atomic mass is 9.83. The van der Waals surface area contributed by atoms with E-state index in [1.165, 1.54) is 156 Å². The molecule has 7 aromatic heterocycles. The highest BCUT2D eigenvalue weighted by Gasteiger charge is 2.53. The third kappa shape index (κ3) is 16.8. The number of hydrogen-bond acceptors (Lipinski definition) is 15. The van der Waals surface area contributed by atoms with Crippen molar-refractivity contribution in [2.75, 3.05) is 11.9 Å². The van der Waals surface area contributed by atoms with Crippen molar-refractivity contribution < 1.29 is 0 Å². The zero-order valence-corrected chi connectivity index (χ0v) is 86.5. The molecule has 0 saturated heterocycles. The smallest absolute Gasteiger partial charge is 0.121 e. The lowest BCUT2D eigenvalue weighted by Gasteiger charge is -2.26. The van der Waals surface area contributed by atoms with E-state index in [4.69, 9.17) is 0 Å². The van der Waals surface area contributed by atoms with E-state index in [2.05, 4.69) is 465 Å². The predicted molar refractivity (Wildman–Crippen MR) is 593 cm³/mol. The van der Waals surface area contributed by atoms with Crippen molar-refractivity contribution in [2.24, 2.45) is 61.2 Å². The monoisotopic (exact) mass is 1950 g/mol. The highest BCUT2D eigenvalue weighted by Crippen LogP contribution is 2.66. The fourth-order valence-corrected chi connectivity index (χ4v) is 25.0. The summed E-state index contributed by atoms with van der Waals surface area (Å²) in [6.07, 6.45) is 4.14. The van der Waals surface area contributed by atoms with Crippen LogP contribution in [0.4, 0.5) is 5.69 Å². The summed E-state index contributed by atoms with van der Waals surface area (Å²) in [4.78, 5) is 2.28. The first kappa shape index (κ1) is 94.2. The van der Waals surface area contributed by atoms with Crippen molar-refractivity contribution in [1.29, 1.82) is 0 Å². The molecule has 9 aliphatic rings. The van der Waals surface area contributed by atoms with Crippen molar-refractivity contribution in [2.45, 2.75) is 121 Å². The first-order valence-corrected chi connectivity index (χ1v) is 52.1. The minimum Gasteiger partial charge on any atom is -0.370 e. The van der Waals surface area contributed by atoms with Gasteiger partial charge in [-0.1, -0.05) is 412 Å². The van der Waals surface area contributed by atoms with E-state index in [0.717, 1.165) is 112 Å². The maximum absolute atomic E-state index is 4.49. The summed E-state index contributed by atoms with van der Waals surface area (Å²) in [5, 5.41) is 61.1. The third-order valence-corrected chi connectivity index (χ3v) is 32.3. The summed E-state index contributed by atoms with van der Waals surface area (Å²) in [5.41, 5.74) is 51.2. The van der Waals surface area contributed by atoms with Gasteiger partial charge in [-0.05, 0) is 163 Å². The lowest BCUT2D eigenvalue weighted by molar-refractivity contribution is 0.717. The number of benzene rings is 14. The van der Waals surface area contributed by atoms with Crippen LogP contribution in [0.3, 0.4) is 0 Å². The van der Waals surface area contributed by atoms with Gasteiger partial charge >= 0.3 is 0 Å². The molecule has 22 nitrogen and oxygen atoms in total. The van der Waals surface area contributed by atoms with Crippen molar-refractivity contribution in [3.05, 3.63) is 412 Å². The van der Waals surface area contributed by atoms with Gasteiger partial charge in [0, 0.05) is 147 Å². The number of aryl methyl sites for hydroxylation is 7. The van der Waals surface area contributed by atoms with Crippen molar-refractivity contribution in [3.63, 3.8) is 0 Å². The summed E-state index contributed by atoms with van der Waals surface area (Å²) in [7, 11) is 15.9. The van der Waals surface area contributed by atoms with Gasteiger partial charge in [-0.2, -0.15) is 0 Å². The molecule has 1 aliphatic heterocycles. The van der Waals surface area contributed by atoms with Crippen LogP contribution in [0.15, 0.2) is 340 Å². The average Bonchev–Trinajstić information content (AvgIpc) is 1.55. The molecule has 0 amide bonds. The van der Waals surface area contributed by atoms with Gasteiger partial charge in [0.15, 0.2) is 0 Å². The molecule has 2 saturated carbocycles.